The number of hydrogen-bond acceptors (Lipinski definition) is 4. The van der Waals surface area contributed by atoms with E-state index >= 15 is 0 Å². The minimum absolute atomic E-state index is 0.133. The Morgan fingerprint density at radius 3 is 2.55 bits per heavy atom. The van der Waals surface area contributed by atoms with Crippen LogP contribution >= 0.6 is 0 Å². The van der Waals surface area contributed by atoms with Crippen molar-refractivity contribution in [1.29, 1.82) is 5.26 Å². The van der Waals surface area contributed by atoms with Gasteiger partial charge in [0.25, 0.3) is 5.91 Å². The molecule has 0 atom stereocenters. The summed E-state index contributed by atoms with van der Waals surface area (Å²) < 4.78 is 10.6. The Morgan fingerprint density at radius 1 is 1.27 bits per heavy atom. The van der Waals surface area contributed by atoms with Crippen LogP contribution in [0.2, 0.25) is 0 Å². The van der Waals surface area contributed by atoms with E-state index in [9.17, 15) is 4.79 Å². The van der Waals surface area contributed by atoms with Crippen LogP contribution in [0.25, 0.3) is 0 Å². The average Bonchev–Trinajstić information content (AvgIpc) is 2.53. The summed E-state index contributed by atoms with van der Waals surface area (Å²) in [5.74, 6) is 1.31. The standard InChI is InChI=1S/C17H24N2O3/c1-13(2)9-12-19(11-6-10-18)17(20)14-7-5-8-15(21-3)16(14)22-4/h5,7-8,13H,6,9,11-12H2,1-4H3. The van der Waals surface area contributed by atoms with Crippen LogP contribution in [0.5, 0.6) is 11.5 Å². The molecule has 1 amide bonds. The van der Waals surface area contributed by atoms with Crippen molar-refractivity contribution in [2.75, 3.05) is 27.3 Å². The second-order valence-electron chi connectivity index (χ2n) is 5.42. The van der Waals surface area contributed by atoms with Gasteiger partial charge in [-0.3, -0.25) is 4.79 Å². The number of nitriles is 1. The first-order chi connectivity index (χ1) is 10.5. The Balaban J connectivity index is 3.04. The van der Waals surface area contributed by atoms with Crippen LogP contribution in [-0.2, 0) is 0 Å². The molecule has 5 nitrogen and oxygen atoms in total. The number of rotatable bonds is 8. The first-order valence-corrected chi connectivity index (χ1v) is 7.42. The summed E-state index contributed by atoms with van der Waals surface area (Å²) in [5, 5.41) is 8.80. The third-order valence-electron chi connectivity index (χ3n) is 3.39. The molecular weight excluding hydrogens is 280 g/mol. The zero-order chi connectivity index (χ0) is 16.5. The molecule has 0 saturated heterocycles. The van der Waals surface area contributed by atoms with Crippen molar-refractivity contribution in [2.24, 2.45) is 5.92 Å². The monoisotopic (exact) mass is 304 g/mol. The molecule has 0 heterocycles. The Bertz CT molecular complexity index is 535. The van der Waals surface area contributed by atoms with Gasteiger partial charge in [-0.15, -0.1) is 0 Å². The van der Waals surface area contributed by atoms with Crippen molar-refractivity contribution in [3.05, 3.63) is 23.8 Å². The number of carbonyl (C=O) groups is 1. The summed E-state index contributed by atoms with van der Waals surface area (Å²) in [5.41, 5.74) is 0.462. The predicted octanol–water partition coefficient (Wildman–Crippen LogP) is 3.11. The lowest BCUT2D eigenvalue weighted by atomic mass is 10.1. The van der Waals surface area contributed by atoms with E-state index in [2.05, 4.69) is 19.9 Å². The zero-order valence-corrected chi connectivity index (χ0v) is 13.8. The second kappa shape index (κ2) is 8.93. The smallest absolute Gasteiger partial charge is 0.257 e. The van der Waals surface area contributed by atoms with Crippen LogP contribution in [0.1, 0.15) is 37.0 Å². The van der Waals surface area contributed by atoms with Gasteiger partial charge in [-0.05, 0) is 24.5 Å². The van der Waals surface area contributed by atoms with Gasteiger partial charge in [0.2, 0.25) is 0 Å². The van der Waals surface area contributed by atoms with E-state index < -0.39 is 0 Å². The summed E-state index contributed by atoms with van der Waals surface area (Å²) in [6.07, 6.45) is 1.21. The molecule has 120 valence electrons. The molecule has 1 rings (SSSR count). The number of nitrogens with zero attached hydrogens (tertiary/aromatic N) is 2. The maximum Gasteiger partial charge on any atom is 0.257 e. The quantitative estimate of drug-likeness (QED) is 0.740. The lowest BCUT2D eigenvalue weighted by molar-refractivity contribution is 0.0748. The van der Waals surface area contributed by atoms with Crippen LogP contribution < -0.4 is 9.47 Å². The fraction of sp³-hybridized carbons (Fsp3) is 0.529. The highest BCUT2D eigenvalue weighted by Gasteiger charge is 2.21. The van der Waals surface area contributed by atoms with E-state index in [1.807, 2.05) is 0 Å². The molecule has 0 aliphatic carbocycles. The highest BCUT2D eigenvalue weighted by molar-refractivity contribution is 5.97. The molecular formula is C17H24N2O3. The van der Waals surface area contributed by atoms with E-state index in [4.69, 9.17) is 14.7 Å². The van der Waals surface area contributed by atoms with Crippen molar-refractivity contribution in [2.45, 2.75) is 26.7 Å². The third-order valence-corrected chi connectivity index (χ3v) is 3.39. The molecule has 0 aromatic heterocycles. The Labute approximate surface area is 132 Å². The van der Waals surface area contributed by atoms with Gasteiger partial charge in [-0.1, -0.05) is 19.9 Å². The first kappa shape index (κ1) is 17.8. The van der Waals surface area contributed by atoms with Crippen molar-refractivity contribution < 1.29 is 14.3 Å². The molecule has 0 N–H and O–H groups in total. The van der Waals surface area contributed by atoms with E-state index in [1.165, 1.54) is 7.11 Å². The van der Waals surface area contributed by atoms with E-state index in [0.717, 1.165) is 6.42 Å². The van der Waals surface area contributed by atoms with Crippen LogP contribution in [-0.4, -0.2) is 38.1 Å². The van der Waals surface area contributed by atoms with Crippen LogP contribution in [0.15, 0.2) is 18.2 Å². The predicted molar refractivity (Wildman–Crippen MR) is 85.1 cm³/mol. The molecule has 0 aliphatic rings. The molecule has 1 aromatic rings. The minimum atomic E-state index is -0.133. The molecule has 0 aliphatic heterocycles. The molecule has 0 spiro atoms. The molecule has 22 heavy (non-hydrogen) atoms. The normalized spacial score (nSPS) is 10.2. The van der Waals surface area contributed by atoms with Gasteiger partial charge in [0, 0.05) is 13.1 Å². The van der Waals surface area contributed by atoms with Gasteiger partial charge in [0.05, 0.1) is 32.3 Å². The number of para-hydroxylation sites is 1. The number of amides is 1. The molecule has 5 heteroatoms. The number of ether oxygens (including phenoxy) is 2. The fourth-order valence-electron chi connectivity index (χ4n) is 2.14. The Hall–Kier alpha value is -2.22. The summed E-state index contributed by atoms with van der Waals surface area (Å²) in [7, 11) is 3.06. The highest BCUT2D eigenvalue weighted by atomic mass is 16.5. The minimum Gasteiger partial charge on any atom is -0.493 e. The maximum absolute atomic E-state index is 12.8. The maximum atomic E-state index is 12.8. The first-order valence-electron chi connectivity index (χ1n) is 7.42. The summed E-state index contributed by atoms with van der Waals surface area (Å²) in [4.78, 5) is 14.5. The Morgan fingerprint density at radius 2 is 2.00 bits per heavy atom. The van der Waals surface area contributed by atoms with Crippen molar-refractivity contribution in [3.8, 4) is 17.6 Å². The average molecular weight is 304 g/mol. The number of carbonyl (C=O) groups excluding carboxylic acids is 1. The van der Waals surface area contributed by atoms with Crippen LogP contribution in [0, 0.1) is 17.2 Å². The summed E-state index contributed by atoms with van der Waals surface area (Å²) >= 11 is 0. The van der Waals surface area contributed by atoms with Crippen molar-refractivity contribution >= 4 is 5.91 Å². The van der Waals surface area contributed by atoms with Gasteiger partial charge in [-0.25, -0.2) is 0 Å². The van der Waals surface area contributed by atoms with E-state index in [1.54, 1.807) is 30.2 Å². The van der Waals surface area contributed by atoms with Gasteiger partial charge in [0.15, 0.2) is 11.5 Å². The topological polar surface area (TPSA) is 62.6 Å². The van der Waals surface area contributed by atoms with Crippen molar-refractivity contribution in [3.63, 3.8) is 0 Å². The summed E-state index contributed by atoms with van der Waals surface area (Å²) in [6.45, 7) is 5.26. The van der Waals surface area contributed by atoms with E-state index in [0.29, 0.717) is 42.5 Å². The van der Waals surface area contributed by atoms with Crippen LogP contribution in [0.4, 0.5) is 0 Å². The number of benzene rings is 1. The molecule has 0 saturated carbocycles. The van der Waals surface area contributed by atoms with Crippen molar-refractivity contribution in [1.82, 2.24) is 4.90 Å². The number of methoxy groups -OCH3 is 2. The fourth-order valence-corrected chi connectivity index (χ4v) is 2.14. The molecule has 0 unspecified atom stereocenters. The lowest BCUT2D eigenvalue weighted by Gasteiger charge is -2.24. The van der Waals surface area contributed by atoms with Gasteiger partial charge in [-0.2, -0.15) is 5.26 Å². The number of hydrogen-bond donors (Lipinski definition) is 0. The molecule has 0 bridgehead atoms. The van der Waals surface area contributed by atoms with E-state index in [-0.39, 0.29) is 5.91 Å². The molecule has 0 radical (unpaired) electrons. The lowest BCUT2D eigenvalue weighted by Crippen LogP contribution is -2.33. The highest BCUT2D eigenvalue weighted by Crippen LogP contribution is 2.31. The molecule has 1 aromatic carbocycles. The molecule has 0 fully saturated rings. The van der Waals surface area contributed by atoms with Gasteiger partial charge >= 0.3 is 0 Å². The largest absolute Gasteiger partial charge is 0.493 e. The third kappa shape index (κ3) is 4.66. The SMILES string of the molecule is COc1cccc(C(=O)N(CCC#N)CCC(C)C)c1OC. The zero-order valence-electron chi connectivity index (χ0n) is 13.8. The summed E-state index contributed by atoms with van der Waals surface area (Å²) in [6, 6.07) is 7.33. The Kier molecular flexibility index (Phi) is 7.24. The van der Waals surface area contributed by atoms with Gasteiger partial charge < -0.3 is 14.4 Å². The second-order valence-corrected chi connectivity index (χ2v) is 5.42. The van der Waals surface area contributed by atoms with Gasteiger partial charge in [0.1, 0.15) is 0 Å². The van der Waals surface area contributed by atoms with Crippen LogP contribution in [0.3, 0.4) is 0 Å².